The Morgan fingerprint density at radius 2 is 2.07 bits per heavy atom. The molecule has 6 nitrogen and oxygen atoms in total. The van der Waals surface area contributed by atoms with Gasteiger partial charge in [-0.2, -0.15) is 23.3 Å². The molecule has 0 radical (unpaired) electrons. The highest BCUT2D eigenvalue weighted by Gasteiger charge is 2.37. The molecule has 4 rings (SSSR count). The van der Waals surface area contributed by atoms with E-state index in [1.807, 2.05) is 13.0 Å². The highest BCUT2D eigenvalue weighted by Crippen LogP contribution is 2.42. The van der Waals surface area contributed by atoms with Crippen LogP contribution in [0.3, 0.4) is 0 Å². The summed E-state index contributed by atoms with van der Waals surface area (Å²) in [5.74, 6) is 0.910. The summed E-state index contributed by atoms with van der Waals surface area (Å²) >= 11 is 0. The van der Waals surface area contributed by atoms with Crippen LogP contribution in [0.15, 0.2) is 28.8 Å². The number of nitrogens with two attached hydrogens (primary N) is 1. The second-order valence-corrected chi connectivity index (χ2v) is 6.73. The number of anilines is 1. The van der Waals surface area contributed by atoms with E-state index in [4.69, 9.17) is 10.3 Å². The highest BCUT2D eigenvalue weighted by molar-refractivity contribution is 5.67. The summed E-state index contributed by atoms with van der Waals surface area (Å²) < 4.78 is 45.6. The highest BCUT2D eigenvalue weighted by atomic mass is 19.4. The molecule has 0 aliphatic heterocycles. The van der Waals surface area contributed by atoms with Gasteiger partial charge in [0.1, 0.15) is 0 Å². The molecule has 9 heteroatoms. The van der Waals surface area contributed by atoms with E-state index in [9.17, 15) is 13.2 Å². The van der Waals surface area contributed by atoms with Gasteiger partial charge < -0.3 is 10.3 Å². The van der Waals surface area contributed by atoms with E-state index in [0.29, 0.717) is 29.5 Å². The van der Waals surface area contributed by atoms with Crippen LogP contribution in [0, 0.1) is 6.92 Å². The smallest absolute Gasteiger partial charge is 0.398 e. The van der Waals surface area contributed by atoms with Gasteiger partial charge in [0.05, 0.1) is 6.54 Å². The number of aromatic nitrogens is 4. The Bertz CT molecular complexity index is 972. The van der Waals surface area contributed by atoms with Gasteiger partial charge in [-0.05, 0) is 37.5 Å². The Labute approximate surface area is 153 Å². The van der Waals surface area contributed by atoms with Crippen molar-refractivity contribution in [1.82, 2.24) is 19.9 Å². The Hall–Kier alpha value is -2.84. The number of rotatable bonds is 5. The average molecular weight is 377 g/mol. The molecule has 0 amide bonds. The standard InChI is InChI=1S/C18H18F3N5O/c1-10-12(3-2-4-13(10)22)17-23-16(27-25-17)7-8-26-14(11-5-6-11)9-15(24-26)18(19,20)21/h2-4,9,11H,5-8,22H2,1H3. The van der Waals surface area contributed by atoms with E-state index < -0.39 is 11.9 Å². The fourth-order valence-corrected chi connectivity index (χ4v) is 3.02. The van der Waals surface area contributed by atoms with Crippen LogP contribution in [0.4, 0.5) is 18.9 Å². The van der Waals surface area contributed by atoms with Crippen LogP contribution in [0.25, 0.3) is 11.4 Å². The van der Waals surface area contributed by atoms with Gasteiger partial charge in [-0.15, -0.1) is 0 Å². The third kappa shape index (κ3) is 3.54. The first-order valence-electron chi connectivity index (χ1n) is 8.66. The summed E-state index contributed by atoms with van der Waals surface area (Å²) in [5, 5.41) is 7.70. The second kappa shape index (κ2) is 6.40. The van der Waals surface area contributed by atoms with Gasteiger partial charge in [-0.3, -0.25) is 4.68 Å². The fourth-order valence-electron chi connectivity index (χ4n) is 3.02. The minimum Gasteiger partial charge on any atom is -0.398 e. The van der Waals surface area contributed by atoms with E-state index in [0.717, 1.165) is 30.0 Å². The molecule has 27 heavy (non-hydrogen) atoms. The molecule has 2 N–H and O–H groups in total. The number of nitrogens with zero attached hydrogens (tertiary/aromatic N) is 4. The Balaban J connectivity index is 1.52. The third-order valence-electron chi connectivity index (χ3n) is 4.72. The van der Waals surface area contributed by atoms with Crippen molar-refractivity contribution in [2.45, 2.75) is 44.8 Å². The number of halogens is 3. The van der Waals surface area contributed by atoms with Crippen molar-refractivity contribution in [2.75, 3.05) is 5.73 Å². The first-order valence-corrected chi connectivity index (χ1v) is 8.66. The average Bonchev–Trinajstić information content (AvgIpc) is 3.17. The van der Waals surface area contributed by atoms with Gasteiger partial charge in [0.25, 0.3) is 0 Å². The van der Waals surface area contributed by atoms with Crippen LogP contribution in [0.2, 0.25) is 0 Å². The molecule has 2 aromatic heterocycles. The molecule has 0 spiro atoms. The van der Waals surface area contributed by atoms with Gasteiger partial charge in [0.15, 0.2) is 5.69 Å². The van der Waals surface area contributed by atoms with Crippen molar-refractivity contribution < 1.29 is 17.7 Å². The molecule has 2 heterocycles. The van der Waals surface area contributed by atoms with Gasteiger partial charge in [0.2, 0.25) is 11.7 Å². The minimum absolute atomic E-state index is 0.154. The normalized spacial score (nSPS) is 14.7. The molecular weight excluding hydrogens is 359 g/mol. The number of aryl methyl sites for hydroxylation is 2. The number of benzene rings is 1. The maximum atomic E-state index is 13.0. The zero-order valence-corrected chi connectivity index (χ0v) is 14.6. The zero-order valence-electron chi connectivity index (χ0n) is 14.6. The van der Waals surface area contributed by atoms with Gasteiger partial charge in [-0.25, -0.2) is 0 Å². The van der Waals surface area contributed by atoms with Crippen molar-refractivity contribution in [3.05, 3.63) is 47.1 Å². The van der Waals surface area contributed by atoms with Crippen LogP contribution in [-0.2, 0) is 19.1 Å². The van der Waals surface area contributed by atoms with Gasteiger partial charge in [-0.1, -0.05) is 17.3 Å². The molecule has 0 bridgehead atoms. The van der Waals surface area contributed by atoms with Crippen LogP contribution in [-0.4, -0.2) is 19.9 Å². The fraction of sp³-hybridized carbons (Fsp3) is 0.389. The monoisotopic (exact) mass is 377 g/mol. The van der Waals surface area contributed by atoms with Crippen molar-refractivity contribution in [2.24, 2.45) is 0 Å². The molecule has 0 saturated heterocycles. The topological polar surface area (TPSA) is 82.8 Å². The quantitative estimate of drug-likeness (QED) is 0.681. The molecule has 0 unspecified atom stereocenters. The third-order valence-corrected chi connectivity index (χ3v) is 4.72. The summed E-state index contributed by atoms with van der Waals surface area (Å²) in [5.41, 5.74) is 7.91. The Morgan fingerprint density at radius 3 is 2.78 bits per heavy atom. The first kappa shape index (κ1) is 17.6. The van der Waals surface area contributed by atoms with Crippen LogP contribution < -0.4 is 5.73 Å². The lowest BCUT2D eigenvalue weighted by Gasteiger charge is -2.04. The molecular formula is C18H18F3N5O. The van der Waals surface area contributed by atoms with Gasteiger partial charge in [0, 0.05) is 29.3 Å². The molecule has 1 aliphatic rings. The molecule has 1 fully saturated rings. The number of hydrogen-bond donors (Lipinski definition) is 1. The lowest BCUT2D eigenvalue weighted by Crippen LogP contribution is -2.10. The molecule has 0 atom stereocenters. The number of nitrogen functional groups attached to an aromatic ring is 1. The molecule has 142 valence electrons. The van der Waals surface area contributed by atoms with E-state index in [1.165, 1.54) is 4.68 Å². The predicted octanol–water partition coefficient (Wildman–Crippen LogP) is 3.96. The first-order chi connectivity index (χ1) is 12.8. The molecule has 3 aromatic rings. The Kier molecular flexibility index (Phi) is 4.16. The second-order valence-electron chi connectivity index (χ2n) is 6.73. The summed E-state index contributed by atoms with van der Waals surface area (Å²) in [4.78, 5) is 4.35. The summed E-state index contributed by atoms with van der Waals surface area (Å²) in [6, 6.07) is 6.58. The maximum absolute atomic E-state index is 13.0. The summed E-state index contributed by atoms with van der Waals surface area (Å²) in [7, 11) is 0. The molecule has 1 aromatic carbocycles. The summed E-state index contributed by atoms with van der Waals surface area (Å²) in [6.45, 7) is 2.12. The minimum atomic E-state index is -4.45. The maximum Gasteiger partial charge on any atom is 0.435 e. The van der Waals surface area contributed by atoms with Crippen molar-refractivity contribution >= 4 is 5.69 Å². The molecule has 1 saturated carbocycles. The number of alkyl halides is 3. The van der Waals surface area contributed by atoms with Crippen LogP contribution in [0.5, 0.6) is 0 Å². The largest absolute Gasteiger partial charge is 0.435 e. The van der Waals surface area contributed by atoms with Crippen molar-refractivity contribution in [3.63, 3.8) is 0 Å². The van der Waals surface area contributed by atoms with Gasteiger partial charge >= 0.3 is 6.18 Å². The van der Waals surface area contributed by atoms with Crippen LogP contribution in [0.1, 0.15) is 41.6 Å². The van der Waals surface area contributed by atoms with Crippen molar-refractivity contribution in [3.8, 4) is 11.4 Å². The zero-order chi connectivity index (χ0) is 19.2. The van der Waals surface area contributed by atoms with E-state index in [-0.39, 0.29) is 12.5 Å². The van der Waals surface area contributed by atoms with Crippen molar-refractivity contribution in [1.29, 1.82) is 0 Å². The van der Waals surface area contributed by atoms with E-state index >= 15 is 0 Å². The number of hydrogen-bond acceptors (Lipinski definition) is 5. The SMILES string of the molecule is Cc1c(N)cccc1-c1noc(CCn2nc(C(F)(F)F)cc2C2CC2)n1. The Morgan fingerprint density at radius 1 is 1.30 bits per heavy atom. The molecule has 1 aliphatic carbocycles. The van der Waals surface area contributed by atoms with E-state index in [1.54, 1.807) is 12.1 Å². The lowest BCUT2D eigenvalue weighted by molar-refractivity contribution is -0.141. The van der Waals surface area contributed by atoms with E-state index in [2.05, 4.69) is 15.2 Å². The lowest BCUT2D eigenvalue weighted by atomic mass is 10.1. The predicted molar refractivity (Wildman–Crippen MR) is 91.8 cm³/mol. The van der Waals surface area contributed by atoms with Crippen LogP contribution >= 0.6 is 0 Å². The summed E-state index contributed by atoms with van der Waals surface area (Å²) in [6.07, 6.45) is -2.37.